The molecule has 0 unspecified atom stereocenters. The summed E-state index contributed by atoms with van der Waals surface area (Å²) in [5.74, 6) is 0. The van der Waals surface area contributed by atoms with Crippen molar-refractivity contribution >= 4 is 3.21 Å². The summed E-state index contributed by atoms with van der Waals surface area (Å²) >= 11 is -2.07. The van der Waals surface area contributed by atoms with Crippen LogP contribution in [0.1, 0.15) is 111 Å². The summed E-state index contributed by atoms with van der Waals surface area (Å²) in [4.78, 5) is 0. The third-order valence-electron chi connectivity index (χ3n) is 8.32. The predicted molar refractivity (Wildman–Crippen MR) is 146 cm³/mol. The van der Waals surface area contributed by atoms with Gasteiger partial charge in [0.1, 0.15) is 0 Å². The predicted octanol–water partition coefficient (Wildman–Crippen LogP) is 3.18. The van der Waals surface area contributed by atoms with Crippen LogP contribution >= 0.6 is 0 Å². The summed E-state index contributed by atoms with van der Waals surface area (Å²) in [6, 6.07) is 10.4. The first kappa shape index (κ1) is 29.8. The van der Waals surface area contributed by atoms with E-state index < -0.39 is 21.3 Å². The van der Waals surface area contributed by atoms with Gasteiger partial charge >= 0.3 is 217 Å². The maximum Gasteiger partial charge on any atom is -1.00 e. The minimum atomic E-state index is -2.07. The standard InChI is InChI=1S/C23H29.C5H8.C5H5.2ClH.Zr/c1-14-9-16-11-17-10-15(2)21(23(6,7)8)13-19(17)18(16)12-20(14)22(3,4)5;2*1-2-4-5-3-1;;;/h9-13H,1-8H3;1-4H2;1-3H,4H2;2*1H;/q;;;;;+2/p-2. The molecule has 2 aromatic carbocycles. The molecule has 0 aromatic heterocycles. The SMILES string of the molecule is Cc1cc2c(cc1C(C)(C)C)-c1cc(C(C)(C)C)c(C)cc1[CH]2[Zr+2]([C]1=CC=CC1)=[C]1CCCC1.[Cl-].[Cl-]. The molecular formula is C33H42Cl2Zr. The van der Waals surface area contributed by atoms with Gasteiger partial charge in [-0.2, -0.15) is 0 Å². The number of hydrogen-bond acceptors (Lipinski definition) is 0. The second-order valence-corrected chi connectivity index (χ2v) is 19.8. The molecule has 0 N–H and O–H groups in total. The van der Waals surface area contributed by atoms with Crippen LogP contribution in [0.15, 0.2) is 45.8 Å². The average Bonchev–Trinajstić information content (AvgIpc) is 3.48. The molecule has 0 amide bonds. The molecule has 0 bridgehead atoms. The Bertz CT molecular complexity index is 1180. The van der Waals surface area contributed by atoms with Crippen LogP contribution in [0.3, 0.4) is 0 Å². The number of halogens is 2. The molecule has 1 saturated carbocycles. The van der Waals surface area contributed by atoms with Crippen molar-refractivity contribution in [3.63, 3.8) is 0 Å². The summed E-state index contributed by atoms with van der Waals surface area (Å²) in [7, 11) is 0. The van der Waals surface area contributed by atoms with Crippen LogP contribution in [-0.4, -0.2) is 3.21 Å². The number of allylic oxidation sites excluding steroid dienone is 4. The van der Waals surface area contributed by atoms with Crippen LogP contribution < -0.4 is 24.8 Å². The molecule has 3 aliphatic carbocycles. The monoisotopic (exact) mass is 598 g/mol. The summed E-state index contributed by atoms with van der Waals surface area (Å²) in [5, 5.41) is 0. The van der Waals surface area contributed by atoms with Gasteiger partial charge in [0.05, 0.1) is 0 Å². The molecular weight excluding hydrogens is 558 g/mol. The van der Waals surface area contributed by atoms with Crippen molar-refractivity contribution in [2.75, 3.05) is 0 Å². The first-order valence-electron chi connectivity index (χ1n) is 13.3. The van der Waals surface area contributed by atoms with Gasteiger partial charge in [0.25, 0.3) is 0 Å². The number of rotatable bonds is 2. The molecule has 5 rings (SSSR count). The van der Waals surface area contributed by atoms with Crippen molar-refractivity contribution in [2.45, 2.75) is 102 Å². The van der Waals surface area contributed by atoms with Crippen LogP contribution in [0.25, 0.3) is 11.1 Å². The normalized spacial score (nSPS) is 16.6. The maximum atomic E-state index is 2.62. The van der Waals surface area contributed by atoms with Crippen molar-refractivity contribution in [1.82, 2.24) is 0 Å². The third-order valence-corrected chi connectivity index (χ3v) is 17.0. The Labute approximate surface area is 240 Å². The smallest absolute Gasteiger partial charge is 1.00 e. The van der Waals surface area contributed by atoms with Crippen molar-refractivity contribution in [3.8, 4) is 11.1 Å². The maximum absolute atomic E-state index is 2.62. The van der Waals surface area contributed by atoms with Gasteiger partial charge in [-0.05, 0) is 0 Å². The van der Waals surface area contributed by atoms with Crippen LogP contribution in [-0.2, 0) is 32.1 Å². The molecule has 0 saturated heterocycles. The largest absolute Gasteiger partial charge is 1.00 e. The van der Waals surface area contributed by atoms with Crippen molar-refractivity contribution in [1.29, 1.82) is 0 Å². The molecule has 0 aliphatic heterocycles. The van der Waals surface area contributed by atoms with Gasteiger partial charge in [0.2, 0.25) is 0 Å². The first-order valence-corrected chi connectivity index (χ1v) is 17.2. The summed E-state index contributed by atoms with van der Waals surface area (Å²) in [6.07, 6.45) is 14.1. The Hall–Kier alpha value is -0.747. The van der Waals surface area contributed by atoms with Crippen molar-refractivity contribution in [2.24, 2.45) is 0 Å². The first-order chi connectivity index (χ1) is 16.0. The van der Waals surface area contributed by atoms with E-state index in [1.165, 1.54) is 54.4 Å². The quantitative estimate of drug-likeness (QED) is 0.497. The van der Waals surface area contributed by atoms with Gasteiger partial charge < -0.3 is 24.8 Å². The molecule has 3 heteroatoms. The molecule has 0 nitrogen and oxygen atoms in total. The molecule has 0 atom stereocenters. The molecule has 0 heterocycles. The molecule has 192 valence electrons. The van der Waals surface area contributed by atoms with E-state index in [0.717, 1.165) is 0 Å². The van der Waals surface area contributed by atoms with E-state index in [9.17, 15) is 0 Å². The third kappa shape index (κ3) is 5.24. The van der Waals surface area contributed by atoms with Crippen LogP contribution in [0, 0.1) is 13.8 Å². The van der Waals surface area contributed by atoms with Crippen molar-refractivity contribution < 1.29 is 46.1 Å². The van der Waals surface area contributed by atoms with Crippen molar-refractivity contribution in [3.05, 3.63) is 79.2 Å². The Kier molecular flexibility index (Phi) is 8.93. The van der Waals surface area contributed by atoms with E-state index in [1.54, 1.807) is 22.3 Å². The van der Waals surface area contributed by atoms with Crippen LogP contribution in [0.5, 0.6) is 0 Å². The van der Waals surface area contributed by atoms with Gasteiger partial charge in [-0.25, -0.2) is 0 Å². The summed E-state index contributed by atoms with van der Waals surface area (Å²) in [6.45, 7) is 18.9. The number of fused-ring (bicyclic) bond motifs is 3. The minimum Gasteiger partial charge on any atom is -1.00 e. The van der Waals surface area contributed by atoms with E-state index in [0.29, 0.717) is 3.63 Å². The fourth-order valence-electron chi connectivity index (χ4n) is 6.83. The zero-order valence-electron chi connectivity index (χ0n) is 23.4. The van der Waals surface area contributed by atoms with E-state index in [2.05, 4.69) is 97.9 Å². The second kappa shape index (κ2) is 10.8. The number of hydrogen-bond donors (Lipinski definition) is 0. The summed E-state index contributed by atoms with van der Waals surface area (Å²) < 4.78 is 4.47. The fraction of sp³-hybridized carbons (Fsp3) is 0.485. The topological polar surface area (TPSA) is 0 Å². The zero-order chi connectivity index (χ0) is 24.4. The number of aryl methyl sites for hydroxylation is 2. The molecule has 0 spiro atoms. The fourth-order valence-corrected chi connectivity index (χ4v) is 16.3. The van der Waals surface area contributed by atoms with Gasteiger partial charge in [-0.1, -0.05) is 0 Å². The van der Waals surface area contributed by atoms with Crippen LogP contribution in [0.4, 0.5) is 0 Å². The zero-order valence-corrected chi connectivity index (χ0v) is 27.4. The van der Waals surface area contributed by atoms with Gasteiger partial charge in [-0.3, -0.25) is 0 Å². The molecule has 36 heavy (non-hydrogen) atoms. The Morgan fingerprint density at radius 3 is 1.58 bits per heavy atom. The minimum absolute atomic E-state index is 0. The Morgan fingerprint density at radius 2 is 1.19 bits per heavy atom. The van der Waals surface area contributed by atoms with Gasteiger partial charge in [-0.15, -0.1) is 0 Å². The van der Waals surface area contributed by atoms with Crippen LogP contribution in [0.2, 0.25) is 0 Å². The average molecular weight is 601 g/mol. The summed E-state index contributed by atoms with van der Waals surface area (Å²) in [5.41, 5.74) is 12.7. The Balaban J connectivity index is 0.00000180. The second-order valence-electron chi connectivity index (χ2n) is 13.0. The van der Waals surface area contributed by atoms with Gasteiger partial charge in [0, 0.05) is 0 Å². The van der Waals surface area contributed by atoms with Gasteiger partial charge in [0.15, 0.2) is 0 Å². The van der Waals surface area contributed by atoms with E-state index in [-0.39, 0.29) is 35.6 Å². The molecule has 2 aromatic rings. The molecule has 0 radical (unpaired) electrons. The Morgan fingerprint density at radius 1 is 0.722 bits per heavy atom. The van der Waals surface area contributed by atoms with E-state index in [4.69, 9.17) is 0 Å². The molecule has 3 aliphatic rings. The molecule has 1 fully saturated rings. The number of benzene rings is 2. The van der Waals surface area contributed by atoms with E-state index in [1.807, 2.05) is 6.49 Å². The van der Waals surface area contributed by atoms with E-state index >= 15 is 0 Å².